The van der Waals surface area contributed by atoms with Crippen LogP contribution in [0.3, 0.4) is 0 Å². The molecule has 0 radical (unpaired) electrons. The molecule has 0 unspecified atom stereocenters. The predicted octanol–water partition coefficient (Wildman–Crippen LogP) is 2.48. The van der Waals surface area contributed by atoms with Crippen LogP contribution >= 0.6 is 0 Å². The summed E-state index contributed by atoms with van der Waals surface area (Å²) in [5.74, 6) is 0. The van der Waals surface area contributed by atoms with Gasteiger partial charge in [0.25, 0.3) is 0 Å². The molecule has 1 N–H and O–H groups in total. The van der Waals surface area contributed by atoms with Gasteiger partial charge in [0.2, 0.25) is 0 Å². The quantitative estimate of drug-likeness (QED) is 0.787. The Morgan fingerprint density at radius 1 is 1.44 bits per heavy atom. The van der Waals surface area contributed by atoms with E-state index in [9.17, 15) is 0 Å². The number of hydrogen-bond donors (Lipinski definition) is 1. The number of nitrogens with zero attached hydrogens (tertiary/aromatic N) is 2. The maximum atomic E-state index is 5.79. The van der Waals surface area contributed by atoms with E-state index in [0.29, 0.717) is 6.04 Å². The third-order valence-electron chi connectivity index (χ3n) is 3.48. The zero-order valence-electron chi connectivity index (χ0n) is 11.1. The summed E-state index contributed by atoms with van der Waals surface area (Å²) in [6.07, 6.45) is 11.6. The number of aromatic nitrogens is 2. The summed E-state index contributed by atoms with van der Waals surface area (Å²) in [5.41, 5.74) is 0.910. The molecule has 0 amide bonds. The number of piperidine rings is 1. The highest BCUT2D eigenvalue weighted by molar-refractivity contribution is 4.97. The lowest BCUT2D eigenvalue weighted by atomic mass is 10.0. The average molecular weight is 249 g/mol. The van der Waals surface area contributed by atoms with Gasteiger partial charge in [-0.1, -0.05) is 6.42 Å². The zero-order chi connectivity index (χ0) is 12.6. The van der Waals surface area contributed by atoms with Gasteiger partial charge in [-0.15, -0.1) is 0 Å². The van der Waals surface area contributed by atoms with Crippen molar-refractivity contribution in [3.63, 3.8) is 0 Å². The summed E-state index contributed by atoms with van der Waals surface area (Å²) in [4.78, 5) is 8.30. The van der Waals surface area contributed by atoms with E-state index in [4.69, 9.17) is 4.74 Å². The van der Waals surface area contributed by atoms with Crippen LogP contribution < -0.4 is 5.32 Å². The molecule has 2 rings (SSSR count). The zero-order valence-corrected chi connectivity index (χ0v) is 11.1. The van der Waals surface area contributed by atoms with Crippen molar-refractivity contribution in [2.24, 2.45) is 0 Å². The van der Waals surface area contributed by atoms with Crippen LogP contribution in [0.1, 0.15) is 50.8 Å². The standard InChI is InChI=1S/C14H23N3O/c1-12(14-11-15-8-9-17-14)18-10-4-6-13-5-2-3-7-16-13/h8-9,11-13,16H,2-7,10H2,1H3/t12-,13+/m0/s1. The van der Waals surface area contributed by atoms with Crippen LogP contribution in [0.25, 0.3) is 0 Å². The summed E-state index contributed by atoms with van der Waals surface area (Å²) in [5, 5.41) is 3.56. The SMILES string of the molecule is C[C@H](OCCC[C@H]1CCCCN1)c1cnccn1. The Morgan fingerprint density at radius 2 is 2.39 bits per heavy atom. The Balaban J connectivity index is 1.60. The van der Waals surface area contributed by atoms with E-state index < -0.39 is 0 Å². The second kappa shape index (κ2) is 7.44. The van der Waals surface area contributed by atoms with Gasteiger partial charge in [-0.25, -0.2) is 0 Å². The fourth-order valence-electron chi connectivity index (χ4n) is 2.37. The average Bonchev–Trinajstić information content (AvgIpc) is 2.45. The summed E-state index contributed by atoms with van der Waals surface area (Å²) in [6, 6.07) is 0.703. The number of nitrogens with one attached hydrogen (secondary N) is 1. The monoisotopic (exact) mass is 249 g/mol. The van der Waals surface area contributed by atoms with Crippen molar-refractivity contribution in [2.75, 3.05) is 13.2 Å². The van der Waals surface area contributed by atoms with Crippen molar-refractivity contribution in [1.29, 1.82) is 0 Å². The van der Waals surface area contributed by atoms with E-state index in [-0.39, 0.29) is 6.10 Å². The maximum Gasteiger partial charge on any atom is 0.0982 e. The van der Waals surface area contributed by atoms with Gasteiger partial charge < -0.3 is 10.1 Å². The van der Waals surface area contributed by atoms with Gasteiger partial charge in [-0.2, -0.15) is 0 Å². The Morgan fingerprint density at radius 3 is 3.11 bits per heavy atom. The molecule has 0 aliphatic carbocycles. The first-order valence-electron chi connectivity index (χ1n) is 6.97. The van der Waals surface area contributed by atoms with E-state index in [0.717, 1.165) is 18.7 Å². The Hall–Kier alpha value is -1.00. The second-order valence-corrected chi connectivity index (χ2v) is 4.93. The maximum absolute atomic E-state index is 5.79. The molecule has 0 bridgehead atoms. The molecule has 1 aliphatic heterocycles. The molecule has 2 heterocycles. The van der Waals surface area contributed by atoms with Crippen molar-refractivity contribution in [3.8, 4) is 0 Å². The molecule has 0 saturated carbocycles. The van der Waals surface area contributed by atoms with Crippen LogP contribution in [-0.2, 0) is 4.74 Å². The highest BCUT2D eigenvalue weighted by atomic mass is 16.5. The van der Waals surface area contributed by atoms with E-state index in [1.54, 1.807) is 18.6 Å². The van der Waals surface area contributed by atoms with Crippen molar-refractivity contribution in [1.82, 2.24) is 15.3 Å². The Bertz CT molecular complexity index is 325. The van der Waals surface area contributed by atoms with Crippen molar-refractivity contribution in [3.05, 3.63) is 24.3 Å². The Labute approximate surface area is 109 Å². The second-order valence-electron chi connectivity index (χ2n) is 4.93. The highest BCUT2D eigenvalue weighted by Gasteiger charge is 2.12. The van der Waals surface area contributed by atoms with Crippen LogP contribution in [0.15, 0.2) is 18.6 Å². The number of rotatable bonds is 6. The van der Waals surface area contributed by atoms with Crippen LogP contribution in [-0.4, -0.2) is 29.2 Å². The van der Waals surface area contributed by atoms with Crippen molar-refractivity contribution in [2.45, 2.75) is 51.2 Å². The highest BCUT2D eigenvalue weighted by Crippen LogP contribution is 2.15. The number of hydrogen-bond acceptors (Lipinski definition) is 4. The van der Waals surface area contributed by atoms with Gasteiger partial charge in [-0.05, 0) is 39.2 Å². The summed E-state index contributed by atoms with van der Waals surface area (Å²) >= 11 is 0. The van der Waals surface area contributed by atoms with Crippen LogP contribution in [0, 0.1) is 0 Å². The van der Waals surface area contributed by atoms with Gasteiger partial charge in [-0.3, -0.25) is 9.97 Å². The summed E-state index contributed by atoms with van der Waals surface area (Å²) in [7, 11) is 0. The first-order valence-corrected chi connectivity index (χ1v) is 6.97. The molecule has 1 aromatic rings. The molecular formula is C14H23N3O. The number of ether oxygens (including phenoxy) is 1. The molecule has 1 aliphatic rings. The normalized spacial score (nSPS) is 21.7. The van der Waals surface area contributed by atoms with Crippen molar-refractivity contribution < 1.29 is 4.74 Å². The topological polar surface area (TPSA) is 47.0 Å². The van der Waals surface area contributed by atoms with E-state index in [1.807, 2.05) is 6.92 Å². The minimum atomic E-state index is 0.0398. The lowest BCUT2D eigenvalue weighted by Crippen LogP contribution is -2.34. The van der Waals surface area contributed by atoms with E-state index >= 15 is 0 Å². The summed E-state index contributed by atoms with van der Waals surface area (Å²) < 4.78 is 5.79. The molecule has 4 nitrogen and oxygen atoms in total. The third kappa shape index (κ3) is 4.35. The van der Waals surface area contributed by atoms with Gasteiger partial charge in [0, 0.05) is 25.0 Å². The van der Waals surface area contributed by atoms with Gasteiger partial charge in [0.15, 0.2) is 0 Å². The summed E-state index contributed by atoms with van der Waals surface area (Å²) in [6.45, 7) is 4.01. The first-order chi connectivity index (χ1) is 8.86. The molecule has 1 saturated heterocycles. The van der Waals surface area contributed by atoms with Crippen LogP contribution in [0.2, 0.25) is 0 Å². The molecule has 1 aromatic heterocycles. The molecule has 4 heteroatoms. The lowest BCUT2D eigenvalue weighted by Gasteiger charge is -2.23. The molecule has 18 heavy (non-hydrogen) atoms. The molecular weight excluding hydrogens is 226 g/mol. The van der Waals surface area contributed by atoms with Gasteiger partial charge in [0.1, 0.15) is 0 Å². The van der Waals surface area contributed by atoms with E-state index in [1.165, 1.54) is 32.2 Å². The Kier molecular flexibility index (Phi) is 5.55. The lowest BCUT2D eigenvalue weighted by molar-refractivity contribution is 0.0582. The fourth-order valence-corrected chi connectivity index (χ4v) is 2.37. The fraction of sp³-hybridized carbons (Fsp3) is 0.714. The predicted molar refractivity (Wildman–Crippen MR) is 71.3 cm³/mol. The molecule has 0 spiro atoms. The van der Waals surface area contributed by atoms with Gasteiger partial charge in [0.05, 0.1) is 18.0 Å². The van der Waals surface area contributed by atoms with Crippen LogP contribution in [0.5, 0.6) is 0 Å². The third-order valence-corrected chi connectivity index (χ3v) is 3.48. The molecule has 0 aromatic carbocycles. The molecule has 1 fully saturated rings. The largest absolute Gasteiger partial charge is 0.372 e. The van der Waals surface area contributed by atoms with Crippen LogP contribution in [0.4, 0.5) is 0 Å². The molecule has 100 valence electrons. The molecule has 2 atom stereocenters. The van der Waals surface area contributed by atoms with Crippen molar-refractivity contribution >= 4 is 0 Å². The van der Waals surface area contributed by atoms with Gasteiger partial charge >= 0.3 is 0 Å². The first kappa shape index (κ1) is 13.4. The smallest absolute Gasteiger partial charge is 0.0982 e. The minimum Gasteiger partial charge on any atom is -0.372 e. The minimum absolute atomic E-state index is 0.0398. The van der Waals surface area contributed by atoms with E-state index in [2.05, 4.69) is 15.3 Å².